The summed E-state index contributed by atoms with van der Waals surface area (Å²) in [4.78, 5) is 0. The van der Waals surface area contributed by atoms with Gasteiger partial charge >= 0.3 is 0 Å². The van der Waals surface area contributed by atoms with E-state index in [4.69, 9.17) is 0 Å². The van der Waals surface area contributed by atoms with Crippen LogP contribution in [-0.4, -0.2) is 11.1 Å². The Labute approximate surface area is 113 Å². The number of rotatable bonds is 5. The normalized spacial score (nSPS) is 10.7. The number of nitrogens with one attached hydrogen (secondary N) is 1. The molecule has 19 heavy (non-hydrogen) atoms. The van der Waals surface area contributed by atoms with Crippen molar-refractivity contribution in [2.75, 3.05) is 11.9 Å². The summed E-state index contributed by atoms with van der Waals surface area (Å²) < 4.78 is 2.32. The molecule has 0 aliphatic carbocycles. The van der Waals surface area contributed by atoms with Crippen molar-refractivity contribution in [2.45, 2.75) is 13.0 Å². The lowest BCUT2D eigenvalue weighted by Crippen LogP contribution is -2.05. The van der Waals surface area contributed by atoms with Gasteiger partial charge in [0.05, 0.1) is 0 Å². The molecule has 0 aliphatic heterocycles. The molecule has 0 unspecified atom stereocenters. The molecule has 2 heteroatoms. The van der Waals surface area contributed by atoms with Crippen LogP contribution in [0.3, 0.4) is 0 Å². The zero-order chi connectivity index (χ0) is 12.9. The lowest BCUT2D eigenvalue weighted by atomic mass is 10.2. The first kappa shape index (κ1) is 11.8. The predicted octanol–water partition coefficient (Wildman–Crippen LogP) is 4.14. The smallest absolute Gasteiger partial charge is 0.0480 e. The molecule has 0 fully saturated rings. The zero-order valence-corrected chi connectivity index (χ0v) is 10.9. The third kappa shape index (κ3) is 2.79. The Hall–Kier alpha value is -2.22. The number of aryl methyl sites for hydroxylation is 1. The minimum Gasteiger partial charge on any atom is -0.385 e. The molecule has 2 nitrogen and oxygen atoms in total. The van der Waals surface area contributed by atoms with E-state index in [9.17, 15) is 0 Å². The third-order valence-electron chi connectivity index (χ3n) is 3.36. The van der Waals surface area contributed by atoms with E-state index in [2.05, 4.69) is 70.7 Å². The number of anilines is 1. The molecule has 0 aliphatic rings. The number of hydrogen-bond acceptors (Lipinski definition) is 1. The van der Waals surface area contributed by atoms with E-state index in [1.165, 1.54) is 16.6 Å². The van der Waals surface area contributed by atoms with E-state index in [-0.39, 0.29) is 0 Å². The quantitative estimate of drug-likeness (QED) is 0.673. The molecular weight excluding hydrogens is 232 g/mol. The average molecular weight is 250 g/mol. The first-order valence-corrected chi connectivity index (χ1v) is 6.76. The summed E-state index contributed by atoms with van der Waals surface area (Å²) in [6.45, 7) is 2.05. The molecule has 0 amide bonds. The molecule has 0 saturated carbocycles. The van der Waals surface area contributed by atoms with Crippen molar-refractivity contribution < 1.29 is 0 Å². The average Bonchev–Trinajstić information content (AvgIpc) is 2.88. The number of para-hydroxylation sites is 2. The van der Waals surface area contributed by atoms with E-state index < -0.39 is 0 Å². The van der Waals surface area contributed by atoms with Crippen molar-refractivity contribution in [3.63, 3.8) is 0 Å². The number of fused-ring (bicyclic) bond motifs is 1. The first-order valence-electron chi connectivity index (χ1n) is 6.76. The summed E-state index contributed by atoms with van der Waals surface area (Å²) in [6, 6.07) is 21.1. The monoisotopic (exact) mass is 250 g/mol. The van der Waals surface area contributed by atoms with Crippen LogP contribution in [0.25, 0.3) is 10.9 Å². The second-order valence-corrected chi connectivity index (χ2v) is 4.71. The van der Waals surface area contributed by atoms with Crippen LogP contribution in [-0.2, 0) is 6.54 Å². The Morgan fingerprint density at radius 3 is 2.53 bits per heavy atom. The number of benzene rings is 2. The number of aromatic nitrogens is 1. The molecule has 0 bridgehead atoms. The van der Waals surface area contributed by atoms with Crippen LogP contribution in [0.2, 0.25) is 0 Å². The Morgan fingerprint density at radius 2 is 1.63 bits per heavy atom. The van der Waals surface area contributed by atoms with Crippen LogP contribution < -0.4 is 5.32 Å². The van der Waals surface area contributed by atoms with Gasteiger partial charge in [-0.05, 0) is 36.1 Å². The highest BCUT2D eigenvalue weighted by molar-refractivity contribution is 5.79. The first-order chi connectivity index (χ1) is 9.43. The third-order valence-corrected chi connectivity index (χ3v) is 3.36. The maximum absolute atomic E-state index is 3.44. The fourth-order valence-electron chi connectivity index (χ4n) is 2.37. The van der Waals surface area contributed by atoms with Gasteiger partial charge in [-0.15, -0.1) is 0 Å². The minimum atomic E-state index is 0.997. The van der Waals surface area contributed by atoms with Crippen molar-refractivity contribution in [3.8, 4) is 0 Å². The molecular formula is C17H18N2. The molecule has 1 heterocycles. The molecule has 0 spiro atoms. The van der Waals surface area contributed by atoms with Gasteiger partial charge in [-0.2, -0.15) is 0 Å². The maximum Gasteiger partial charge on any atom is 0.0480 e. The molecule has 2 aromatic carbocycles. The van der Waals surface area contributed by atoms with E-state index in [0.29, 0.717) is 0 Å². The van der Waals surface area contributed by atoms with Crippen LogP contribution in [0.15, 0.2) is 66.9 Å². The van der Waals surface area contributed by atoms with Crippen molar-refractivity contribution >= 4 is 16.6 Å². The summed E-state index contributed by atoms with van der Waals surface area (Å²) in [7, 11) is 0. The van der Waals surface area contributed by atoms with Crippen LogP contribution >= 0.6 is 0 Å². The lowest BCUT2D eigenvalue weighted by molar-refractivity contribution is 0.683. The van der Waals surface area contributed by atoms with Gasteiger partial charge in [0.1, 0.15) is 0 Å². The molecule has 0 saturated heterocycles. The predicted molar refractivity (Wildman–Crippen MR) is 81.5 cm³/mol. The van der Waals surface area contributed by atoms with Gasteiger partial charge in [0.2, 0.25) is 0 Å². The molecule has 0 radical (unpaired) electrons. The summed E-state index contributed by atoms with van der Waals surface area (Å²) >= 11 is 0. The second-order valence-electron chi connectivity index (χ2n) is 4.71. The maximum atomic E-state index is 3.44. The van der Waals surface area contributed by atoms with E-state index in [1.807, 2.05) is 6.07 Å². The van der Waals surface area contributed by atoms with Gasteiger partial charge in [-0.25, -0.2) is 0 Å². The van der Waals surface area contributed by atoms with Crippen molar-refractivity contribution in [2.24, 2.45) is 0 Å². The highest BCUT2D eigenvalue weighted by Crippen LogP contribution is 2.15. The highest BCUT2D eigenvalue weighted by atomic mass is 15.0. The SMILES string of the molecule is c1ccc(NCCCn2ccc3ccccc32)cc1. The topological polar surface area (TPSA) is 17.0 Å². The van der Waals surface area contributed by atoms with E-state index in [1.54, 1.807) is 0 Å². The van der Waals surface area contributed by atoms with Crippen LogP contribution in [0.1, 0.15) is 6.42 Å². The summed E-state index contributed by atoms with van der Waals surface area (Å²) in [5.41, 5.74) is 2.52. The van der Waals surface area contributed by atoms with Gasteiger partial charge in [0, 0.05) is 30.5 Å². The van der Waals surface area contributed by atoms with Crippen LogP contribution in [0, 0.1) is 0 Å². The Balaban J connectivity index is 1.55. The Morgan fingerprint density at radius 1 is 0.842 bits per heavy atom. The number of hydrogen-bond donors (Lipinski definition) is 1. The Kier molecular flexibility index (Phi) is 3.50. The molecule has 1 aromatic heterocycles. The zero-order valence-electron chi connectivity index (χ0n) is 10.9. The Bertz CT molecular complexity index is 640. The van der Waals surface area contributed by atoms with Gasteiger partial charge in [-0.1, -0.05) is 36.4 Å². The highest BCUT2D eigenvalue weighted by Gasteiger charge is 1.99. The largest absolute Gasteiger partial charge is 0.385 e. The summed E-state index contributed by atoms with van der Waals surface area (Å²) in [6.07, 6.45) is 3.29. The molecule has 3 aromatic rings. The van der Waals surface area contributed by atoms with Crippen molar-refractivity contribution in [3.05, 3.63) is 66.9 Å². The van der Waals surface area contributed by atoms with Crippen LogP contribution in [0.5, 0.6) is 0 Å². The molecule has 0 atom stereocenters. The fourth-order valence-corrected chi connectivity index (χ4v) is 2.37. The standard InChI is InChI=1S/C17H18N2/c1-2-8-16(9-3-1)18-12-6-13-19-14-11-15-7-4-5-10-17(15)19/h1-5,7-11,14,18H,6,12-13H2. The van der Waals surface area contributed by atoms with Crippen LogP contribution in [0.4, 0.5) is 5.69 Å². The minimum absolute atomic E-state index is 0.997. The second kappa shape index (κ2) is 5.61. The van der Waals surface area contributed by atoms with Gasteiger partial charge in [0.15, 0.2) is 0 Å². The van der Waals surface area contributed by atoms with Gasteiger partial charge in [0.25, 0.3) is 0 Å². The van der Waals surface area contributed by atoms with Gasteiger partial charge in [-0.3, -0.25) is 0 Å². The fraction of sp³-hybridized carbons (Fsp3) is 0.176. The lowest BCUT2D eigenvalue weighted by Gasteiger charge is -2.08. The van der Waals surface area contributed by atoms with E-state index in [0.717, 1.165) is 19.5 Å². The molecule has 3 rings (SSSR count). The van der Waals surface area contributed by atoms with E-state index >= 15 is 0 Å². The molecule has 1 N–H and O–H groups in total. The summed E-state index contributed by atoms with van der Waals surface area (Å²) in [5.74, 6) is 0. The van der Waals surface area contributed by atoms with Gasteiger partial charge < -0.3 is 9.88 Å². The van der Waals surface area contributed by atoms with Crippen molar-refractivity contribution in [1.29, 1.82) is 0 Å². The van der Waals surface area contributed by atoms with Crippen molar-refractivity contribution in [1.82, 2.24) is 4.57 Å². The molecule has 96 valence electrons. The number of nitrogens with zero attached hydrogens (tertiary/aromatic N) is 1. The summed E-state index contributed by atoms with van der Waals surface area (Å²) in [5, 5.41) is 4.76.